The molecule has 1 amide bonds. The van der Waals surface area contributed by atoms with Gasteiger partial charge in [-0.25, -0.2) is 4.98 Å². The number of hydrogen-bond donors (Lipinski definition) is 1. The van der Waals surface area contributed by atoms with Crippen molar-refractivity contribution in [2.24, 2.45) is 5.92 Å². The minimum atomic E-state index is 0.115. The van der Waals surface area contributed by atoms with E-state index in [0.717, 1.165) is 47.0 Å². The van der Waals surface area contributed by atoms with Gasteiger partial charge in [0.2, 0.25) is 5.91 Å². The summed E-state index contributed by atoms with van der Waals surface area (Å²) in [6.07, 6.45) is 18.6. The van der Waals surface area contributed by atoms with Crippen molar-refractivity contribution in [1.29, 1.82) is 0 Å². The lowest BCUT2D eigenvalue weighted by Gasteiger charge is -2.19. The summed E-state index contributed by atoms with van der Waals surface area (Å²) in [6.45, 7) is 6.50. The first-order chi connectivity index (χ1) is 14.1. The zero-order chi connectivity index (χ0) is 21.5. The second-order valence-corrected chi connectivity index (χ2v) is 9.59. The summed E-state index contributed by atoms with van der Waals surface area (Å²) < 4.78 is 0. The zero-order valence-corrected chi connectivity index (χ0v) is 20.9. The highest BCUT2D eigenvalue weighted by Crippen LogP contribution is 2.34. The van der Waals surface area contributed by atoms with Crippen LogP contribution < -0.4 is 5.32 Å². The molecule has 3 nitrogen and oxygen atoms in total. The van der Waals surface area contributed by atoms with Crippen molar-refractivity contribution in [2.75, 3.05) is 17.8 Å². The van der Waals surface area contributed by atoms with E-state index in [-0.39, 0.29) is 11.8 Å². The number of pyridine rings is 1. The lowest BCUT2D eigenvalue weighted by atomic mass is 9.93. The Kier molecular flexibility index (Phi) is 14.6. The maximum atomic E-state index is 13.2. The molecule has 166 valence electrons. The molecule has 0 radical (unpaired) electrons. The molecule has 0 aliphatic rings. The number of aryl methyl sites for hydroxylation is 1. The molecule has 0 aromatic carbocycles. The second kappa shape index (κ2) is 16.1. The summed E-state index contributed by atoms with van der Waals surface area (Å²) in [6, 6.07) is 2.07. The Morgan fingerprint density at radius 2 is 1.48 bits per heavy atom. The highest BCUT2D eigenvalue weighted by Gasteiger charge is 2.21. The van der Waals surface area contributed by atoms with Crippen LogP contribution >= 0.6 is 23.5 Å². The number of anilines is 1. The van der Waals surface area contributed by atoms with E-state index in [9.17, 15) is 4.79 Å². The molecular weight excluding hydrogens is 396 g/mol. The third kappa shape index (κ3) is 10.3. The average molecular weight is 439 g/mol. The van der Waals surface area contributed by atoms with Gasteiger partial charge in [-0.3, -0.25) is 4.79 Å². The molecule has 1 N–H and O–H groups in total. The molecule has 5 heteroatoms. The van der Waals surface area contributed by atoms with E-state index in [2.05, 4.69) is 36.5 Å². The van der Waals surface area contributed by atoms with E-state index >= 15 is 0 Å². The first-order valence-corrected chi connectivity index (χ1v) is 13.9. The molecule has 0 bridgehead atoms. The number of thioether (sulfide) groups is 2. The van der Waals surface area contributed by atoms with E-state index in [4.69, 9.17) is 0 Å². The third-order valence-electron chi connectivity index (χ3n) is 5.42. The summed E-state index contributed by atoms with van der Waals surface area (Å²) in [5.74, 6) is 0.301. The van der Waals surface area contributed by atoms with Gasteiger partial charge in [0.15, 0.2) is 0 Å². The maximum absolute atomic E-state index is 13.2. The minimum absolute atomic E-state index is 0.115. The molecule has 0 aliphatic carbocycles. The fourth-order valence-corrected chi connectivity index (χ4v) is 4.96. The summed E-state index contributed by atoms with van der Waals surface area (Å²) in [4.78, 5) is 19.0. The van der Waals surface area contributed by atoms with Crippen molar-refractivity contribution in [3.63, 3.8) is 0 Å². The van der Waals surface area contributed by atoms with Crippen molar-refractivity contribution in [1.82, 2.24) is 4.98 Å². The van der Waals surface area contributed by atoms with Gasteiger partial charge in [0.1, 0.15) is 5.03 Å². The largest absolute Gasteiger partial charge is 0.323 e. The van der Waals surface area contributed by atoms with Crippen LogP contribution in [-0.2, 0) is 4.79 Å². The zero-order valence-electron chi connectivity index (χ0n) is 19.3. The molecular formula is C24H42N2OS2. The van der Waals surface area contributed by atoms with Crippen molar-refractivity contribution in [3.8, 4) is 0 Å². The Morgan fingerprint density at radius 1 is 0.931 bits per heavy atom. The number of nitrogens with one attached hydrogen (secondary N) is 1. The summed E-state index contributed by atoms with van der Waals surface area (Å²) in [7, 11) is 0. The van der Waals surface area contributed by atoms with Crippen LogP contribution in [0.25, 0.3) is 0 Å². The number of unbranched alkanes of at least 4 members (excludes halogenated alkanes) is 8. The van der Waals surface area contributed by atoms with Crippen LogP contribution in [0.5, 0.6) is 0 Å². The lowest BCUT2D eigenvalue weighted by molar-refractivity contribution is -0.120. The van der Waals surface area contributed by atoms with Gasteiger partial charge in [-0.05, 0) is 38.3 Å². The molecule has 29 heavy (non-hydrogen) atoms. The molecule has 1 aromatic heterocycles. The van der Waals surface area contributed by atoms with Gasteiger partial charge in [-0.15, -0.1) is 23.5 Å². The fourth-order valence-electron chi connectivity index (χ4n) is 3.66. The summed E-state index contributed by atoms with van der Waals surface area (Å²) >= 11 is 3.29. The first-order valence-electron chi connectivity index (χ1n) is 11.5. The fraction of sp³-hybridized carbons (Fsp3) is 0.750. The standard InChI is InChI=1S/C24H42N2OS2/c1-6-8-10-12-13-15-17-20(16-14-11-9-7-2)23(27)26-22-21(28-4)18-19(3)25-24(22)29-5/h18,20H,6-17H2,1-5H3,(H,26,27)/t20-/m1/s1. The van der Waals surface area contributed by atoms with E-state index in [0.29, 0.717) is 0 Å². The normalized spacial score (nSPS) is 12.2. The van der Waals surface area contributed by atoms with Crippen LogP contribution in [0.4, 0.5) is 5.69 Å². The van der Waals surface area contributed by atoms with E-state index in [1.165, 1.54) is 51.4 Å². The lowest BCUT2D eigenvalue weighted by Crippen LogP contribution is -2.24. The molecule has 0 fully saturated rings. The molecule has 0 unspecified atom stereocenters. The van der Waals surface area contributed by atoms with Crippen molar-refractivity contribution >= 4 is 35.1 Å². The Bertz CT molecular complexity index is 567. The quantitative estimate of drug-likeness (QED) is 0.209. The molecule has 1 rings (SSSR count). The molecule has 0 saturated heterocycles. The maximum Gasteiger partial charge on any atom is 0.227 e. The Balaban J connectivity index is 2.76. The van der Waals surface area contributed by atoms with Gasteiger partial charge in [0, 0.05) is 16.5 Å². The second-order valence-electron chi connectivity index (χ2n) is 7.94. The van der Waals surface area contributed by atoms with Crippen molar-refractivity contribution in [2.45, 2.75) is 108 Å². The number of carbonyl (C=O) groups is 1. The molecule has 1 heterocycles. The van der Waals surface area contributed by atoms with E-state index < -0.39 is 0 Å². The SMILES string of the molecule is CCCCCCCC[C@@H](CCCCCC)C(=O)Nc1c(SC)cc(C)nc1SC. The van der Waals surface area contributed by atoms with Gasteiger partial charge in [-0.1, -0.05) is 78.1 Å². The Morgan fingerprint density at radius 3 is 2.03 bits per heavy atom. The van der Waals surface area contributed by atoms with Crippen LogP contribution in [-0.4, -0.2) is 23.4 Å². The number of hydrogen-bond acceptors (Lipinski definition) is 4. The Labute approximate surface area is 188 Å². The van der Waals surface area contributed by atoms with Crippen molar-refractivity contribution in [3.05, 3.63) is 11.8 Å². The van der Waals surface area contributed by atoms with Gasteiger partial charge in [0.05, 0.1) is 5.69 Å². The highest BCUT2D eigenvalue weighted by molar-refractivity contribution is 7.99. The van der Waals surface area contributed by atoms with E-state index in [1.54, 1.807) is 23.5 Å². The van der Waals surface area contributed by atoms with Gasteiger partial charge < -0.3 is 5.32 Å². The number of carbonyl (C=O) groups excluding carboxylic acids is 1. The smallest absolute Gasteiger partial charge is 0.227 e. The number of aromatic nitrogens is 1. The minimum Gasteiger partial charge on any atom is -0.323 e. The average Bonchev–Trinajstić information content (AvgIpc) is 2.72. The number of nitrogens with zero attached hydrogens (tertiary/aromatic N) is 1. The highest BCUT2D eigenvalue weighted by atomic mass is 32.2. The topological polar surface area (TPSA) is 42.0 Å². The summed E-state index contributed by atoms with van der Waals surface area (Å²) in [5.41, 5.74) is 1.90. The predicted octanol–water partition coefficient (Wildman–Crippen LogP) is 8.11. The monoisotopic (exact) mass is 438 g/mol. The van der Waals surface area contributed by atoms with Crippen LogP contribution in [0.2, 0.25) is 0 Å². The predicted molar refractivity (Wildman–Crippen MR) is 131 cm³/mol. The van der Waals surface area contributed by atoms with Crippen LogP contribution in [0, 0.1) is 12.8 Å². The molecule has 0 spiro atoms. The van der Waals surface area contributed by atoms with E-state index in [1.807, 2.05) is 13.2 Å². The first kappa shape index (κ1) is 26.4. The Hall–Kier alpha value is -0.680. The molecule has 1 atom stereocenters. The number of amides is 1. The summed E-state index contributed by atoms with van der Waals surface area (Å²) in [5, 5.41) is 4.19. The van der Waals surface area contributed by atoms with Crippen LogP contribution in [0.3, 0.4) is 0 Å². The third-order valence-corrected chi connectivity index (χ3v) is 6.87. The van der Waals surface area contributed by atoms with Gasteiger partial charge in [-0.2, -0.15) is 0 Å². The molecule has 1 aromatic rings. The van der Waals surface area contributed by atoms with Gasteiger partial charge in [0.25, 0.3) is 0 Å². The van der Waals surface area contributed by atoms with Gasteiger partial charge >= 0.3 is 0 Å². The molecule has 0 aliphatic heterocycles. The van der Waals surface area contributed by atoms with Crippen molar-refractivity contribution < 1.29 is 4.79 Å². The molecule has 0 saturated carbocycles. The van der Waals surface area contributed by atoms with Crippen LogP contribution in [0.1, 0.15) is 96.6 Å². The number of rotatable bonds is 16. The van der Waals surface area contributed by atoms with Crippen LogP contribution in [0.15, 0.2) is 16.0 Å².